The minimum atomic E-state index is -1.07. The number of amides is 1. The number of carbonyl (C=O) groups excluding carboxylic acids is 1. The number of unbranched alkanes of at least 4 members (excludes halogenated alkanes) is 13. The van der Waals surface area contributed by atoms with Crippen molar-refractivity contribution in [2.24, 2.45) is 0 Å². The Hall–Kier alpha value is -2.30. The highest BCUT2D eigenvalue weighted by atomic mass is 16.4. The van der Waals surface area contributed by atoms with Crippen LogP contribution in [-0.2, 0) is 16.0 Å². The second-order valence-corrected chi connectivity index (χ2v) is 8.70. The van der Waals surface area contributed by atoms with Crippen molar-refractivity contribution in [3.63, 3.8) is 0 Å². The summed E-state index contributed by atoms with van der Waals surface area (Å²) in [5.74, 6) is -1.33. The lowest BCUT2D eigenvalue weighted by molar-refractivity contribution is -0.141. The van der Waals surface area contributed by atoms with Crippen LogP contribution in [0.15, 0.2) is 36.4 Å². The molecule has 0 aliphatic heterocycles. The Morgan fingerprint density at radius 1 is 0.844 bits per heavy atom. The van der Waals surface area contributed by atoms with Gasteiger partial charge in [0.05, 0.1) is 0 Å². The van der Waals surface area contributed by atoms with E-state index in [2.05, 4.69) is 12.2 Å². The minimum Gasteiger partial charge on any atom is -0.508 e. The SMILES string of the molecule is CCCCCCCCCCCCCCC/C=C/C(=O)NC(Cc1ccc(O)cc1)C(=O)O. The van der Waals surface area contributed by atoms with Crippen LogP contribution in [0.3, 0.4) is 0 Å². The molecule has 1 atom stereocenters. The van der Waals surface area contributed by atoms with Crippen molar-refractivity contribution in [3.8, 4) is 5.75 Å². The van der Waals surface area contributed by atoms with E-state index in [1.54, 1.807) is 12.1 Å². The van der Waals surface area contributed by atoms with Gasteiger partial charge in [-0.1, -0.05) is 102 Å². The van der Waals surface area contributed by atoms with E-state index in [1.807, 2.05) is 6.08 Å². The Balaban J connectivity index is 2.05. The molecule has 0 spiro atoms. The second-order valence-electron chi connectivity index (χ2n) is 8.70. The van der Waals surface area contributed by atoms with Crippen molar-refractivity contribution in [2.45, 2.75) is 109 Å². The molecule has 180 valence electrons. The van der Waals surface area contributed by atoms with Gasteiger partial charge in [-0.05, 0) is 36.6 Å². The van der Waals surface area contributed by atoms with Crippen LogP contribution < -0.4 is 5.32 Å². The van der Waals surface area contributed by atoms with E-state index < -0.39 is 12.0 Å². The Morgan fingerprint density at radius 2 is 1.34 bits per heavy atom. The van der Waals surface area contributed by atoms with Gasteiger partial charge in [0.15, 0.2) is 0 Å². The minimum absolute atomic E-state index is 0.126. The largest absolute Gasteiger partial charge is 0.508 e. The first-order valence-corrected chi connectivity index (χ1v) is 12.5. The van der Waals surface area contributed by atoms with Crippen LogP contribution in [0.4, 0.5) is 0 Å². The molecule has 0 bridgehead atoms. The molecule has 3 N–H and O–H groups in total. The quantitative estimate of drug-likeness (QED) is 0.167. The maximum absolute atomic E-state index is 12.0. The molecule has 1 aromatic rings. The lowest BCUT2D eigenvalue weighted by Crippen LogP contribution is -2.41. The molecule has 0 saturated heterocycles. The number of carbonyl (C=O) groups is 2. The highest BCUT2D eigenvalue weighted by molar-refractivity contribution is 5.91. The van der Waals surface area contributed by atoms with Crippen LogP contribution in [0, 0.1) is 0 Å². The molecule has 5 nitrogen and oxygen atoms in total. The zero-order valence-corrected chi connectivity index (χ0v) is 19.9. The van der Waals surface area contributed by atoms with Gasteiger partial charge in [0.1, 0.15) is 11.8 Å². The third-order valence-electron chi connectivity index (χ3n) is 5.73. The molecule has 0 fully saturated rings. The number of phenolic OH excluding ortho intramolecular Hbond substituents is 1. The first-order chi connectivity index (χ1) is 15.5. The number of hydrogen-bond acceptors (Lipinski definition) is 3. The number of carboxylic acids is 1. The summed E-state index contributed by atoms with van der Waals surface area (Å²) in [6, 6.07) is 5.33. The van der Waals surface area contributed by atoms with E-state index in [0.717, 1.165) is 18.4 Å². The fourth-order valence-corrected chi connectivity index (χ4v) is 3.76. The smallest absolute Gasteiger partial charge is 0.326 e. The molecule has 0 saturated carbocycles. The van der Waals surface area contributed by atoms with Gasteiger partial charge in [0, 0.05) is 6.42 Å². The normalized spacial score (nSPS) is 12.2. The zero-order chi connectivity index (χ0) is 23.4. The molecule has 0 aromatic heterocycles. The fourth-order valence-electron chi connectivity index (χ4n) is 3.76. The summed E-state index contributed by atoms with van der Waals surface area (Å²) in [6.45, 7) is 2.26. The molecule has 1 amide bonds. The summed E-state index contributed by atoms with van der Waals surface area (Å²) in [4.78, 5) is 23.5. The van der Waals surface area contributed by atoms with E-state index in [9.17, 15) is 19.8 Å². The number of aliphatic carboxylic acids is 1. The van der Waals surface area contributed by atoms with Crippen molar-refractivity contribution >= 4 is 11.9 Å². The van der Waals surface area contributed by atoms with Gasteiger partial charge in [-0.25, -0.2) is 4.79 Å². The van der Waals surface area contributed by atoms with Crippen molar-refractivity contribution < 1.29 is 19.8 Å². The van der Waals surface area contributed by atoms with Crippen molar-refractivity contribution in [3.05, 3.63) is 42.0 Å². The summed E-state index contributed by atoms with van der Waals surface area (Å²) in [5, 5.41) is 21.2. The van der Waals surface area contributed by atoms with E-state index in [-0.39, 0.29) is 18.1 Å². The van der Waals surface area contributed by atoms with E-state index in [1.165, 1.54) is 95.3 Å². The third kappa shape index (κ3) is 14.7. The molecular weight excluding hydrogens is 402 g/mol. The molecule has 1 aromatic carbocycles. The molecule has 5 heteroatoms. The molecule has 0 radical (unpaired) electrons. The summed E-state index contributed by atoms with van der Waals surface area (Å²) in [6.07, 6.45) is 21.3. The van der Waals surface area contributed by atoms with E-state index >= 15 is 0 Å². The monoisotopic (exact) mass is 445 g/mol. The Labute approximate surface area is 194 Å². The summed E-state index contributed by atoms with van der Waals surface area (Å²) >= 11 is 0. The van der Waals surface area contributed by atoms with Crippen molar-refractivity contribution in [2.75, 3.05) is 0 Å². The third-order valence-corrected chi connectivity index (χ3v) is 5.73. The lowest BCUT2D eigenvalue weighted by atomic mass is 10.0. The lowest BCUT2D eigenvalue weighted by Gasteiger charge is -2.13. The number of carboxylic acid groups (broad SMARTS) is 1. The second kappa shape index (κ2) is 18.3. The van der Waals surface area contributed by atoms with Gasteiger partial charge < -0.3 is 15.5 Å². The molecule has 1 rings (SSSR count). The maximum atomic E-state index is 12.0. The predicted molar refractivity (Wildman–Crippen MR) is 131 cm³/mol. The van der Waals surface area contributed by atoms with E-state index in [0.29, 0.717) is 0 Å². The predicted octanol–water partition coefficient (Wildman–Crippen LogP) is 6.54. The number of hydrogen-bond donors (Lipinski definition) is 3. The number of nitrogens with one attached hydrogen (secondary N) is 1. The van der Waals surface area contributed by atoms with Crippen LogP contribution in [0.2, 0.25) is 0 Å². The van der Waals surface area contributed by atoms with Gasteiger partial charge in [-0.15, -0.1) is 0 Å². The van der Waals surface area contributed by atoms with Crippen LogP contribution >= 0.6 is 0 Å². The van der Waals surface area contributed by atoms with Crippen LogP contribution in [0.1, 0.15) is 102 Å². The summed E-state index contributed by atoms with van der Waals surface area (Å²) < 4.78 is 0. The van der Waals surface area contributed by atoms with Gasteiger partial charge in [0.2, 0.25) is 5.91 Å². The Kier molecular flexibility index (Phi) is 15.9. The Morgan fingerprint density at radius 3 is 1.84 bits per heavy atom. The fraction of sp³-hybridized carbons (Fsp3) is 0.630. The average Bonchev–Trinajstić information content (AvgIpc) is 2.77. The average molecular weight is 446 g/mol. The first kappa shape index (κ1) is 27.7. The Bertz CT molecular complexity index is 654. The van der Waals surface area contributed by atoms with Crippen molar-refractivity contribution in [1.29, 1.82) is 0 Å². The molecule has 32 heavy (non-hydrogen) atoms. The number of rotatable bonds is 19. The summed E-state index contributed by atoms with van der Waals surface area (Å²) in [7, 11) is 0. The molecule has 0 aliphatic carbocycles. The van der Waals surface area contributed by atoms with E-state index in [4.69, 9.17) is 0 Å². The van der Waals surface area contributed by atoms with Gasteiger partial charge >= 0.3 is 5.97 Å². The van der Waals surface area contributed by atoms with Crippen LogP contribution in [0.25, 0.3) is 0 Å². The highest BCUT2D eigenvalue weighted by Crippen LogP contribution is 2.13. The van der Waals surface area contributed by atoms with Gasteiger partial charge in [0.25, 0.3) is 0 Å². The molecular formula is C27H43NO4. The maximum Gasteiger partial charge on any atom is 0.326 e. The molecule has 0 aliphatic rings. The molecule has 0 heterocycles. The molecule has 1 unspecified atom stereocenters. The zero-order valence-electron chi connectivity index (χ0n) is 19.9. The number of phenols is 1. The number of benzene rings is 1. The van der Waals surface area contributed by atoms with Crippen LogP contribution in [0.5, 0.6) is 5.75 Å². The number of allylic oxidation sites excluding steroid dienone is 1. The highest BCUT2D eigenvalue weighted by Gasteiger charge is 2.19. The van der Waals surface area contributed by atoms with Gasteiger partial charge in [-0.2, -0.15) is 0 Å². The summed E-state index contributed by atoms with van der Waals surface area (Å²) in [5.41, 5.74) is 0.742. The van der Waals surface area contributed by atoms with Crippen LogP contribution in [-0.4, -0.2) is 28.1 Å². The standard InChI is InChI=1S/C27H43NO4/c1-2-3-4-5-6-7-8-9-10-11-12-13-14-15-16-17-26(30)28-25(27(31)32)22-23-18-20-24(29)21-19-23/h16-21,25,29H,2-15,22H2,1H3,(H,28,30)(H,31,32)/b17-16+. The number of aromatic hydroxyl groups is 1. The topological polar surface area (TPSA) is 86.6 Å². The first-order valence-electron chi connectivity index (χ1n) is 12.5. The van der Waals surface area contributed by atoms with Crippen molar-refractivity contribution in [1.82, 2.24) is 5.32 Å². The van der Waals surface area contributed by atoms with Gasteiger partial charge in [-0.3, -0.25) is 4.79 Å².